The van der Waals surface area contributed by atoms with Crippen molar-refractivity contribution in [3.63, 3.8) is 0 Å². The third-order valence-electron chi connectivity index (χ3n) is 3.82. The minimum Gasteiger partial charge on any atom is -0.314 e. The van der Waals surface area contributed by atoms with E-state index in [9.17, 15) is 4.39 Å². The van der Waals surface area contributed by atoms with E-state index in [4.69, 9.17) is 0 Å². The smallest absolute Gasteiger partial charge is 0.126 e. The third kappa shape index (κ3) is 3.79. The van der Waals surface area contributed by atoms with Crippen LogP contribution < -0.4 is 5.32 Å². The van der Waals surface area contributed by atoms with Crippen LogP contribution in [-0.4, -0.2) is 37.1 Å². The van der Waals surface area contributed by atoms with Gasteiger partial charge in [0.05, 0.1) is 0 Å². The summed E-state index contributed by atoms with van der Waals surface area (Å²) in [6, 6.07) is 7.66. The van der Waals surface area contributed by atoms with Crippen LogP contribution in [0.1, 0.15) is 25.3 Å². The van der Waals surface area contributed by atoms with Gasteiger partial charge in [-0.1, -0.05) is 25.1 Å². The van der Waals surface area contributed by atoms with Crippen molar-refractivity contribution in [1.82, 2.24) is 10.2 Å². The van der Waals surface area contributed by atoms with E-state index in [1.807, 2.05) is 12.1 Å². The van der Waals surface area contributed by atoms with E-state index in [0.717, 1.165) is 25.1 Å². The normalized spacial score (nSPS) is 18.1. The van der Waals surface area contributed by atoms with E-state index in [1.54, 1.807) is 6.07 Å². The Morgan fingerprint density at radius 2 is 2.00 bits per heavy atom. The second-order valence-electron chi connectivity index (χ2n) is 5.00. The first-order valence-corrected chi connectivity index (χ1v) is 6.98. The van der Waals surface area contributed by atoms with E-state index >= 15 is 0 Å². The second kappa shape index (κ2) is 6.86. The minimum atomic E-state index is -0.0832. The Morgan fingerprint density at radius 3 is 2.67 bits per heavy atom. The first-order valence-electron chi connectivity index (χ1n) is 6.98. The first kappa shape index (κ1) is 13.5. The lowest BCUT2D eigenvalue weighted by Gasteiger charge is -2.31. The van der Waals surface area contributed by atoms with Crippen molar-refractivity contribution in [1.29, 1.82) is 0 Å². The molecule has 3 heteroatoms. The highest BCUT2D eigenvalue weighted by molar-refractivity contribution is 5.17. The summed E-state index contributed by atoms with van der Waals surface area (Å²) in [5.41, 5.74) is 0.816. The molecule has 0 aliphatic carbocycles. The topological polar surface area (TPSA) is 15.3 Å². The molecule has 0 aromatic heterocycles. The number of piperidine rings is 1. The Kier molecular flexibility index (Phi) is 5.14. The fourth-order valence-electron chi connectivity index (χ4n) is 2.57. The number of rotatable bonds is 5. The highest BCUT2D eigenvalue weighted by Gasteiger charge is 2.17. The summed E-state index contributed by atoms with van der Waals surface area (Å²) in [5.74, 6) is -0.0832. The molecule has 1 aromatic rings. The predicted octanol–water partition coefficient (Wildman–Crippen LogP) is 2.44. The molecule has 0 atom stereocenters. The fraction of sp³-hybridized carbons (Fsp3) is 0.600. The number of halogens is 1. The lowest BCUT2D eigenvalue weighted by molar-refractivity contribution is 0.207. The molecule has 0 spiro atoms. The maximum absolute atomic E-state index is 13.4. The molecule has 1 heterocycles. The summed E-state index contributed by atoms with van der Waals surface area (Å²) in [5, 5.41) is 3.55. The molecule has 0 radical (unpaired) electrons. The molecule has 0 saturated carbocycles. The van der Waals surface area contributed by atoms with Gasteiger partial charge in [-0.2, -0.15) is 0 Å². The molecule has 1 N–H and O–H groups in total. The van der Waals surface area contributed by atoms with Gasteiger partial charge in [-0.15, -0.1) is 0 Å². The molecule has 2 nitrogen and oxygen atoms in total. The largest absolute Gasteiger partial charge is 0.314 e. The standard InChI is InChI=1S/C15H23FN2/c1-2-18-11-8-14(9-12-18)17-10-7-13-5-3-4-6-15(13)16/h3-6,14,17H,2,7-12H2,1H3. The summed E-state index contributed by atoms with van der Waals surface area (Å²) >= 11 is 0. The lowest BCUT2D eigenvalue weighted by atomic mass is 10.0. The number of nitrogens with one attached hydrogen (secondary N) is 1. The maximum atomic E-state index is 13.4. The zero-order valence-electron chi connectivity index (χ0n) is 11.2. The van der Waals surface area contributed by atoms with Gasteiger partial charge in [0.2, 0.25) is 0 Å². The van der Waals surface area contributed by atoms with Crippen molar-refractivity contribution in [2.45, 2.75) is 32.2 Å². The third-order valence-corrected chi connectivity index (χ3v) is 3.82. The maximum Gasteiger partial charge on any atom is 0.126 e. The number of likely N-dealkylation sites (tertiary alicyclic amines) is 1. The van der Waals surface area contributed by atoms with Crippen LogP contribution in [0.25, 0.3) is 0 Å². The molecule has 1 saturated heterocycles. The minimum absolute atomic E-state index is 0.0832. The van der Waals surface area contributed by atoms with Crippen LogP contribution in [-0.2, 0) is 6.42 Å². The van der Waals surface area contributed by atoms with Gasteiger partial charge >= 0.3 is 0 Å². The van der Waals surface area contributed by atoms with Crippen LogP contribution in [0.4, 0.5) is 4.39 Å². The van der Waals surface area contributed by atoms with Crippen LogP contribution in [0.5, 0.6) is 0 Å². The zero-order chi connectivity index (χ0) is 12.8. The van der Waals surface area contributed by atoms with Gasteiger partial charge in [0.15, 0.2) is 0 Å². The molecule has 0 unspecified atom stereocenters. The Balaban J connectivity index is 1.69. The molecule has 0 bridgehead atoms. The molecule has 100 valence electrons. The van der Waals surface area contributed by atoms with Crippen LogP contribution in [0.3, 0.4) is 0 Å². The summed E-state index contributed by atoms with van der Waals surface area (Å²) in [4.78, 5) is 2.48. The van der Waals surface area contributed by atoms with Crippen LogP contribution in [0.15, 0.2) is 24.3 Å². The number of hydrogen-bond donors (Lipinski definition) is 1. The zero-order valence-corrected chi connectivity index (χ0v) is 11.2. The molecule has 1 aliphatic rings. The van der Waals surface area contributed by atoms with Gasteiger partial charge in [0, 0.05) is 6.04 Å². The summed E-state index contributed by atoms with van der Waals surface area (Å²) in [6.45, 7) is 6.62. The average molecular weight is 250 g/mol. The van der Waals surface area contributed by atoms with Gasteiger partial charge in [0.1, 0.15) is 5.82 Å². The molecule has 1 aliphatic heterocycles. The van der Waals surface area contributed by atoms with Crippen molar-refractivity contribution in [2.75, 3.05) is 26.2 Å². The van der Waals surface area contributed by atoms with Crippen LogP contribution >= 0.6 is 0 Å². The molecule has 1 fully saturated rings. The first-order chi connectivity index (χ1) is 8.79. The van der Waals surface area contributed by atoms with Crippen LogP contribution in [0.2, 0.25) is 0 Å². The highest BCUT2D eigenvalue weighted by Crippen LogP contribution is 2.10. The average Bonchev–Trinajstić information content (AvgIpc) is 2.42. The number of nitrogens with zero attached hydrogens (tertiary/aromatic N) is 1. The van der Waals surface area contributed by atoms with Crippen molar-refractivity contribution in [2.24, 2.45) is 0 Å². The Bertz CT molecular complexity index is 359. The van der Waals surface area contributed by atoms with Gasteiger partial charge in [0.25, 0.3) is 0 Å². The van der Waals surface area contributed by atoms with Crippen molar-refractivity contribution in [3.05, 3.63) is 35.6 Å². The monoisotopic (exact) mass is 250 g/mol. The fourth-order valence-corrected chi connectivity index (χ4v) is 2.57. The SMILES string of the molecule is CCN1CCC(NCCc2ccccc2F)CC1. The Labute approximate surface area is 109 Å². The number of hydrogen-bond acceptors (Lipinski definition) is 2. The Morgan fingerprint density at radius 1 is 1.28 bits per heavy atom. The number of benzene rings is 1. The van der Waals surface area contributed by atoms with Gasteiger partial charge in [-0.05, 0) is 57.1 Å². The molecule has 18 heavy (non-hydrogen) atoms. The van der Waals surface area contributed by atoms with E-state index in [0.29, 0.717) is 6.04 Å². The van der Waals surface area contributed by atoms with E-state index < -0.39 is 0 Å². The summed E-state index contributed by atoms with van der Waals surface area (Å²) in [6.07, 6.45) is 3.21. The van der Waals surface area contributed by atoms with E-state index in [1.165, 1.54) is 32.0 Å². The van der Waals surface area contributed by atoms with Gasteiger partial charge in [-0.3, -0.25) is 0 Å². The summed E-state index contributed by atoms with van der Waals surface area (Å²) in [7, 11) is 0. The molecular weight excluding hydrogens is 227 g/mol. The summed E-state index contributed by atoms with van der Waals surface area (Å²) < 4.78 is 13.4. The van der Waals surface area contributed by atoms with E-state index in [-0.39, 0.29) is 5.82 Å². The predicted molar refractivity (Wildman–Crippen MR) is 73.2 cm³/mol. The van der Waals surface area contributed by atoms with Crippen LogP contribution in [0, 0.1) is 5.82 Å². The van der Waals surface area contributed by atoms with Crippen molar-refractivity contribution < 1.29 is 4.39 Å². The van der Waals surface area contributed by atoms with Crippen molar-refractivity contribution in [3.8, 4) is 0 Å². The Hall–Kier alpha value is -0.930. The van der Waals surface area contributed by atoms with Crippen molar-refractivity contribution >= 4 is 0 Å². The molecule has 1 aromatic carbocycles. The van der Waals surface area contributed by atoms with E-state index in [2.05, 4.69) is 17.1 Å². The molecule has 2 rings (SSSR count). The molecular formula is C15H23FN2. The quantitative estimate of drug-likeness (QED) is 0.863. The second-order valence-corrected chi connectivity index (χ2v) is 5.00. The highest BCUT2D eigenvalue weighted by atomic mass is 19.1. The van der Waals surface area contributed by atoms with Gasteiger partial charge < -0.3 is 10.2 Å². The molecule has 0 amide bonds. The lowest BCUT2D eigenvalue weighted by Crippen LogP contribution is -2.42. The van der Waals surface area contributed by atoms with Gasteiger partial charge in [-0.25, -0.2) is 4.39 Å².